The predicted octanol–water partition coefficient (Wildman–Crippen LogP) is 1.97. The van der Waals surface area contributed by atoms with Crippen LogP contribution in [0.3, 0.4) is 0 Å². The Balaban J connectivity index is 2.92. The first-order valence-electron chi connectivity index (χ1n) is 3.81. The molecular formula is C8H7N3O2S. The van der Waals surface area contributed by atoms with Crippen molar-refractivity contribution in [3.63, 3.8) is 0 Å². The van der Waals surface area contributed by atoms with E-state index < -0.39 is 4.92 Å². The molecule has 0 amide bonds. The molecule has 1 heterocycles. The minimum absolute atomic E-state index is 0.00736. The van der Waals surface area contributed by atoms with Gasteiger partial charge in [0.05, 0.1) is 26.4 Å². The zero-order valence-electron chi connectivity index (χ0n) is 7.06. The van der Waals surface area contributed by atoms with E-state index in [0.717, 1.165) is 0 Å². The monoisotopic (exact) mass is 209 g/mol. The number of benzene rings is 1. The molecule has 4 N–H and O–H groups in total. The van der Waals surface area contributed by atoms with Crippen LogP contribution in [0.15, 0.2) is 17.5 Å². The molecule has 0 fully saturated rings. The third-order valence-electron chi connectivity index (χ3n) is 1.96. The molecule has 0 aliphatic rings. The molecule has 0 atom stereocenters. The van der Waals surface area contributed by atoms with E-state index in [1.54, 1.807) is 5.38 Å². The molecule has 0 spiro atoms. The van der Waals surface area contributed by atoms with Crippen LogP contribution < -0.4 is 11.5 Å². The van der Waals surface area contributed by atoms with Gasteiger partial charge in [0.15, 0.2) is 0 Å². The average molecular weight is 209 g/mol. The number of hydrogen-bond acceptors (Lipinski definition) is 5. The maximum absolute atomic E-state index is 10.7. The van der Waals surface area contributed by atoms with E-state index in [0.29, 0.717) is 21.5 Å². The van der Waals surface area contributed by atoms with E-state index in [1.165, 1.54) is 23.5 Å². The lowest BCUT2D eigenvalue weighted by Crippen LogP contribution is -1.93. The SMILES string of the molecule is Nc1ccc([N+](=O)[O-])c2c(N)csc12. The van der Waals surface area contributed by atoms with E-state index in [1.807, 2.05) is 0 Å². The lowest BCUT2D eigenvalue weighted by Gasteiger charge is -1.98. The van der Waals surface area contributed by atoms with Gasteiger partial charge in [-0.15, -0.1) is 11.3 Å². The van der Waals surface area contributed by atoms with E-state index >= 15 is 0 Å². The number of thiophene rings is 1. The van der Waals surface area contributed by atoms with Gasteiger partial charge in [0.1, 0.15) is 0 Å². The summed E-state index contributed by atoms with van der Waals surface area (Å²) in [6.07, 6.45) is 0. The summed E-state index contributed by atoms with van der Waals surface area (Å²) < 4.78 is 0.678. The molecule has 2 rings (SSSR count). The van der Waals surface area contributed by atoms with Crippen LogP contribution in [-0.2, 0) is 0 Å². The van der Waals surface area contributed by atoms with Crippen molar-refractivity contribution in [2.24, 2.45) is 0 Å². The van der Waals surface area contributed by atoms with Crippen LogP contribution in [0.1, 0.15) is 0 Å². The molecule has 0 radical (unpaired) electrons. The van der Waals surface area contributed by atoms with Crippen molar-refractivity contribution in [3.8, 4) is 0 Å². The molecule has 0 saturated heterocycles. The van der Waals surface area contributed by atoms with Crippen molar-refractivity contribution in [1.29, 1.82) is 0 Å². The van der Waals surface area contributed by atoms with Crippen molar-refractivity contribution in [1.82, 2.24) is 0 Å². The number of nitrogen functional groups attached to an aromatic ring is 2. The Hall–Kier alpha value is -1.82. The average Bonchev–Trinajstić information content (AvgIpc) is 2.50. The van der Waals surface area contributed by atoms with Crippen LogP contribution in [0.2, 0.25) is 0 Å². The van der Waals surface area contributed by atoms with Crippen LogP contribution in [0, 0.1) is 10.1 Å². The minimum Gasteiger partial charge on any atom is -0.398 e. The molecule has 0 unspecified atom stereocenters. The number of nitrogens with two attached hydrogens (primary N) is 2. The van der Waals surface area contributed by atoms with Crippen LogP contribution in [0.4, 0.5) is 17.1 Å². The van der Waals surface area contributed by atoms with Gasteiger partial charge in [-0.3, -0.25) is 10.1 Å². The molecule has 0 aliphatic heterocycles. The molecule has 14 heavy (non-hydrogen) atoms. The quantitative estimate of drug-likeness (QED) is 0.426. The molecule has 72 valence electrons. The van der Waals surface area contributed by atoms with Gasteiger partial charge < -0.3 is 11.5 Å². The maximum Gasteiger partial charge on any atom is 0.280 e. The number of non-ortho nitro benzene ring substituents is 1. The summed E-state index contributed by atoms with van der Waals surface area (Å²) >= 11 is 1.32. The number of hydrogen-bond donors (Lipinski definition) is 2. The Bertz CT molecular complexity index is 521. The number of rotatable bonds is 1. The Morgan fingerprint density at radius 2 is 2.00 bits per heavy atom. The summed E-state index contributed by atoms with van der Waals surface area (Å²) in [6.45, 7) is 0. The van der Waals surface area contributed by atoms with Gasteiger partial charge in [0, 0.05) is 11.4 Å². The summed E-state index contributed by atoms with van der Waals surface area (Å²) in [4.78, 5) is 10.2. The van der Waals surface area contributed by atoms with Crippen molar-refractivity contribution in [2.75, 3.05) is 11.5 Å². The first-order chi connectivity index (χ1) is 6.61. The molecule has 1 aromatic carbocycles. The van der Waals surface area contributed by atoms with E-state index in [4.69, 9.17) is 11.5 Å². The summed E-state index contributed by atoms with van der Waals surface area (Å²) in [6, 6.07) is 2.90. The van der Waals surface area contributed by atoms with Gasteiger partial charge in [-0.25, -0.2) is 0 Å². The van der Waals surface area contributed by atoms with Crippen LogP contribution in [0.5, 0.6) is 0 Å². The van der Waals surface area contributed by atoms with Crippen molar-refractivity contribution in [2.45, 2.75) is 0 Å². The Morgan fingerprint density at radius 1 is 1.29 bits per heavy atom. The molecule has 0 aliphatic carbocycles. The highest BCUT2D eigenvalue weighted by atomic mass is 32.1. The molecular weight excluding hydrogens is 202 g/mol. The number of fused-ring (bicyclic) bond motifs is 1. The molecule has 1 aromatic heterocycles. The summed E-state index contributed by atoms with van der Waals surface area (Å²) in [5.74, 6) is 0. The summed E-state index contributed by atoms with van der Waals surface area (Å²) in [5.41, 5.74) is 12.2. The lowest BCUT2D eigenvalue weighted by molar-refractivity contribution is -0.383. The van der Waals surface area contributed by atoms with E-state index in [-0.39, 0.29) is 5.69 Å². The molecule has 0 bridgehead atoms. The normalized spacial score (nSPS) is 10.6. The first-order valence-corrected chi connectivity index (χ1v) is 4.68. The van der Waals surface area contributed by atoms with Crippen LogP contribution in [0.25, 0.3) is 10.1 Å². The van der Waals surface area contributed by atoms with Gasteiger partial charge in [0.2, 0.25) is 0 Å². The second-order valence-electron chi connectivity index (χ2n) is 2.83. The number of nitro groups is 1. The van der Waals surface area contributed by atoms with Gasteiger partial charge in [-0.1, -0.05) is 0 Å². The predicted molar refractivity (Wildman–Crippen MR) is 57.3 cm³/mol. The number of anilines is 2. The highest BCUT2D eigenvalue weighted by Crippen LogP contribution is 2.38. The highest BCUT2D eigenvalue weighted by Gasteiger charge is 2.17. The number of nitro benzene ring substituents is 1. The topological polar surface area (TPSA) is 95.2 Å². The van der Waals surface area contributed by atoms with Crippen molar-refractivity contribution >= 4 is 38.5 Å². The Morgan fingerprint density at radius 3 is 2.64 bits per heavy atom. The van der Waals surface area contributed by atoms with Crippen LogP contribution >= 0.6 is 11.3 Å². The van der Waals surface area contributed by atoms with E-state index in [2.05, 4.69) is 0 Å². The lowest BCUT2D eigenvalue weighted by atomic mass is 10.2. The van der Waals surface area contributed by atoms with Gasteiger partial charge in [0.25, 0.3) is 5.69 Å². The minimum atomic E-state index is -0.454. The molecule has 0 saturated carbocycles. The number of nitrogens with zero attached hydrogens (tertiary/aromatic N) is 1. The fourth-order valence-corrected chi connectivity index (χ4v) is 2.23. The van der Waals surface area contributed by atoms with Gasteiger partial charge in [-0.2, -0.15) is 0 Å². The third kappa shape index (κ3) is 1.08. The Kier molecular flexibility index (Phi) is 1.78. The standard InChI is InChI=1S/C8H7N3O2S/c9-4-1-2-6(11(12)13)7-5(10)3-14-8(4)7/h1-3H,9-10H2. The largest absolute Gasteiger partial charge is 0.398 e. The zero-order valence-corrected chi connectivity index (χ0v) is 7.88. The second-order valence-corrected chi connectivity index (χ2v) is 3.71. The molecule has 5 nitrogen and oxygen atoms in total. The third-order valence-corrected chi connectivity index (χ3v) is 3.00. The second kappa shape index (κ2) is 2.85. The zero-order chi connectivity index (χ0) is 10.3. The van der Waals surface area contributed by atoms with E-state index in [9.17, 15) is 10.1 Å². The molecule has 6 heteroatoms. The van der Waals surface area contributed by atoms with Gasteiger partial charge >= 0.3 is 0 Å². The summed E-state index contributed by atoms with van der Waals surface area (Å²) in [5, 5.41) is 12.8. The maximum atomic E-state index is 10.7. The first kappa shape index (κ1) is 8.76. The summed E-state index contributed by atoms with van der Waals surface area (Å²) in [7, 11) is 0. The van der Waals surface area contributed by atoms with Gasteiger partial charge in [-0.05, 0) is 6.07 Å². The fourth-order valence-electron chi connectivity index (χ4n) is 1.33. The van der Waals surface area contributed by atoms with Crippen molar-refractivity contribution < 1.29 is 4.92 Å². The Labute approximate surface area is 83.1 Å². The smallest absolute Gasteiger partial charge is 0.280 e. The fraction of sp³-hybridized carbons (Fsp3) is 0. The molecule has 2 aromatic rings. The highest BCUT2D eigenvalue weighted by molar-refractivity contribution is 7.18. The van der Waals surface area contributed by atoms with Crippen LogP contribution in [-0.4, -0.2) is 4.92 Å². The van der Waals surface area contributed by atoms with Crippen molar-refractivity contribution in [3.05, 3.63) is 27.6 Å².